The van der Waals surface area contributed by atoms with Crippen LogP contribution in [0, 0.1) is 0 Å². The molecule has 0 aliphatic rings. The maximum atomic E-state index is 11.5. The van der Waals surface area contributed by atoms with Crippen LogP contribution in [0.2, 0.25) is 0 Å². The van der Waals surface area contributed by atoms with Gasteiger partial charge in [0.15, 0.2) is 0 Å². The summed E-state index contributed by atoms with van der Waals surface area (Å²) in [4.78, 5) is 11.5. The Balaban J connectivity index is 3.59. The summed E-state index contributed by atoms with van der Waals surface area (Å²) in [5.74, 6) is 0.638. The first-order valence-electron chi connectivity index (χ1n) is 6.09. The molecule has 0 aliphatic heterocycles. The van der Waals surface area contributed by atoms with Crippen LogP contribution < -0.4 is 10.6 Å². The highest BCUT2D eigenvalue weighted by atomic mass is 32.2. The zero-order valence-electron chi connectivity index (χ0n) is 11.4. The molecule has 0 rings (SSSR count). The van der Waals surface area contributed by atoms with Gasteiger partial charge in [-0.3, -0.25) is 4.79 Å². The van der Waals surface area contributed by atoms with Crippen molar-refractivity contribution in [3.05, 3.63) is 0 Å². The van der Waals surface area contributed by atoms with Crippen LogP contribution in [-0.4, -0.2) is 47.8 Å². The molecule has 0 saturated heterocycles. The first-order chi connectivity index (χ1) is 7.87. The van der Waals surface area contributed by atoms with E-state index in [0.29, 0.717) is 24.8 Å². The maximum Gasteiger partial charge on any atom is 0.220 e. The van der Waals surface area contributed by atoms with Crippen molar-refractivity contribution in [1.82, 2.24) is 10.6 Å². The average molecular weight is 262 g/mol. The second kappa shape index (κ2) is 8.78. The fraction of sp³-hybridized carbons (Fsp3) is 0.917. The molecule has 0 spiro atoms. The summed E-state index contributed by atoms with van der Waals surface area (Å²) in [6, 6.07) is 0.459. The number of carbonyl (C=O) groups excluding carboxylic acids is 1. The molecule has 1 atom stereocenters. The highest BCUT2D eigenvalue weighted by molar-refractivity contribution is 7.98. The molecule has 1 amide bonds. The van der Waals surface area contributed by atoms with Crippen LogP contribution in [0.5, 0.6) is 0 Å². The van der Waals surface area contributed by atoms with Crippen molar-refractivity contribution in [1.29, 1.82) is 0 Å². The third kappa shape index (κ3) is 10.6. The number of hydrogen-bond donors (Lipinski definition) is 3. The van der Waals surface area contributed by atoms with Crippen LogP contribution in [0.1, 0.15) is 33.6 Å². The summed E-state index contributed by atoms with van der Waals surface area (Å²) in [5, 5.41) is 15.9. The molecule has 4 nitrogen and oxygen atoms in total. The molecular weight excluding hydrogens is 236 g/mol. The standard InChI is InChI=1S/C12H26N2O2S/c1-10(2)13-7-5-6-11(15)14-8-12(3,16)9-17-4/h10,13,16H,5-9H2,1-4H3,(H,14,15). The number of nitrogens with one attached hydrogen (secondary N) is 2. The van der Waals surface area contributed by atoms with Gasteiger partial charge in [0, 0.05) is 24.8 Å². The smallest absolute Gasteiger partial charge is 0.220 e. The van der Waals surface area contributed by atoms with Gasteiger partial charge < -0.3 is 15.7 Å². The second-order valence-electron chi connectivity index (χ2n) is 4.92. The number of amides is 1. The normalized spacial score (nSPS) is 14.7. The lowest BCUT2D eigenvalue weighted by molar-refractivity contribution is -0.122. The molecule has 0 aromatic heterocycles. The van der Waals surface area contributed by atoms with E-state index in [0.717, 1.165) is 13.0 Å². The highest BCUT2D eigenvalue weighted by Crippen LogP contribution is 2.08. The number of rotatable bonds is 9. The number of hydrogen-bond acceptors (Lipinski definition) is 4. The van der Waals surface area contributed by atoms with Gasteiger partial charge in [-0.1, -0.05) is 13.8 Å². The molecule has 0 heterocycles. The van der Waals surface area contributed by atoms with Crippen LogP contribution in [0.3, 0.4) is 0 Å². The lowest BCUT2D eigenvalue weighted by atomic mass is 10.1. The van der Waals surface area contributed by atoms with Crippen LogP contribution >= 0.6 is 11.8 Å². The van der Waals surface area contributed by atoms with E-state index >= 15 is 0 Å². The van der Waals surface area contributed by atoms with Gasteiger partial charge in [-0.05, 0) is 26.1 Å². The third-order valence-corrected chi connectivity index (χ3v) is 3.17. The Kier molecular flexibility index (Phi) is 8.64. The fourth-order valence-electron chi connectivity index (χ4n) is 1.38. The van der Waals surface area contributed by atoms with E-state index in [-0.39, 0.29) is 5.91 Å². The predicted molar refractivity (Wildman–Crippen MR) is 74.4 cm³/mol. The summed E-state index contributed by atoms with van der Waals surface area (Å²) >= 11 is 1.57. The quantitative estimate of drug-likeness (QED) is 0.542. The molecule has 102 valence electrons. The predicted octanol–water partition coefficient (Wildman–Crippen LogP) is 0.995. The zero-order valence-corrected chi connectivity index (χ0v) is 12.2. The molecule has 5 heteroatoms. The van der Waals surface area contributed by atoms with Crippen molar-refractivity contribution in [2.45, 2.75) is 45.3 Å². The molecule has 0 aromatic carbocycles. The van der Waals surface area contributed by atoms with Crippen molar-refractivity contribution < 1.29 is 9.90 Å². The van der Waals surface area contributed by atoms with Gasteiger partial charge in [0.05, 0.1) is 5.60 Å². The van der Waals surface area contributed by atoms with Gasteiger partial charge in [0.25, 0.3) is 0 Å². The summed E-state index contributed by atoms with van der Waals surface area (Å²) < 4.78 is 0. The first kappa shape index (κ1) is 16.7. The van der Waals surface area contributed by atoms with Gasteiger partial charge in [-0.2, -0.15) is 11.8 Å². The van der Waals surface area contributed by atoms with Crippen molar-refractivity contribution >= 4 is 17.7 Å². The van der Waals surface area contributed by atoms with Crippen molar-refractivity contribution in [3.63, 3.8) is 0 Å². The lowest BCUT2D eigenvalue weighted by Crippen LogP contribution is -2.42. The SMILES string of the molecule is CSCC(C)(O)CNC(=O)CCCNC(C)C. The van der Waals surface area contributed by atoms with Gasteiger partial charge in [0.1, 0.15) is 0 Å². The third-order valence-electron chi connectivity index (χ3n) is 2.25. The number of aliphatic hydroxyl groups is 1. The van der Waals surface area contributed by atoms with Crippen molar-refractivity contribution in [2.75, 3.05) is 25.1 Å². The van der Waals surface area contributed by atoms with Crippen LogP contribution in [-0.2, 0) is 4.79 Å². The first-order valence-corrected chi connectivity index (χ1v) is 7.48. The minimum Gasteiger partial charge on any atom is -0.387 e. The van der Waals surface area contributed by atoms with Crippen LogP contribution in [0.25, 0.3) is 0 Å². The largest absolute Gasteiger partial charge is 0.387 e. The Morgan fingerprint density at radius 3 is 2.65 bits per heavy atom. The summed E-state index contributed by atoms with van der Waals surface area (Å²) in [7, 11) is 0. The van der Waals surface area contributed by atoms with Crippen LogP contribution in [0.4, 0.5) is 0 Å². The number of carbonyl (C=O) groups is 1. The minimum absolute atomic E-state index is 0.0111. The van der Waals surface area contributed by atoms with E-state index in [4.69, 9.17) is 0 Å². The number of thioether (sulfide) groups is 1. The van der Waals surface area contributed by atoms with E-state index < -0.39 is 5.60 Å². The molecule has 3 N–H and O–H groups in total. The monoisotopic (exact) mass is 262 g/mol. The lowest BCUT2D eigenvalue weighted by Gasteiger charge is -2.22. The Hall–Kier alpha value is -0.260. The zero-order chi connectivity index (χ0) is 13.3. The molecule has 0 radical (unpaired) electrons. The fourth-order valence-corrected chi connectivity index (χ4v) is 2.10. The van der Waals surface area contributed by atoms with Gasteiger partial charge in [-0.25, -0.2) is 0 Å². The molecular formula is C12H26N2O2S. The van der Waals surface area contributed by atoms with Crippen LogP contribution in [0.15, 0.2) is 0 Å². The van der Waals surface area contributed by atoms with E-state index in [1.807, 2.05) is 6.26 Å². The summed E-state index contributed by atoms with van der Waals surface area (Å²) in [6.07, 6.45) is 3.28. The maximum absolute atomic E-state index is 11.5. The Bertz CT molecular complexity index is 221. The van der Waals surface area contributed by atoms with Gasteiger partial charge in [0.2, 0.25) is 5.91 Å². The summed E-state index contributed by atoms with van der Waals surface area (Å²) in [6.45, 7) is 7.08. The Labute approximate surface area is 109 Å². The van der Waals surface area contributed by atoms with Crippen molar-refractivity contribution in [2.24, 2.45) is 0 Å². The topological polar surface area (TPSA) is 61.4 Å². The van der Waals surface area contributed by atoms with E-state index in [1.165, 1.54) is 0 Å². The molecule has 0 saturated carbocycles. The molecule has 17 heavy (non-hydrogen) atoms. The Morgan fingerprint density at radius 2 is 2.12 bits per heavy atom. The molecule has 0 fully saturated rings. The van der Waals surface area contributed by atoms with Gasteiger partial charge >= 0.3 is 0 Å². The van der Waals surface area contributed by atoms with E-state index in [1.54, 1.807) is 18.7 Å². The highest BCUT2D eigenvalue weighted by Gasteiger charge is 2.20. The Morgan fingerprint density at radius 1 is 1.47 bits per heavy atom. The minimum atomic E-state index is -0.814. The van der Waals surface area contributed by atoms with E-state index in [9.17, 15) is 9.90 Å². The van der Waals surface area contributed by atoms with Crippen molar-refractivity contribution in [3.8, 4) is 0 Å². The summed E-state index contributed by atoms with van der Waals surface area (Å²) in [5.41, 5.74) is -0.814. The van der Waals surface area contributed by atoms with Gasteiger partial charge in [-0.15, -0.1) is 0 Å². The van der Waals surface area contributed by atoms with E-state index in [2.05, 4.69) is 24.5 Å². The molecule has 0 aliphatic carbocycles. The second-order valence-corrected chi connectivity index (χ2v) is 5.79. The average Bonchev–Trinajstić information content (AvgIpc) is 2.21. The molecule has 0 aromatic rings. The molecule has 0 bridgehead atoms. The molecule has 1 unspecified atom stereocenters.